The third-order valence-corrected chi connectivity index (χ3v) is 2.02. The highest BCUT2D eigenvalue weighted by atomic mass is 16.3. The predicted octanol–water partition coefficient (Wildman–Crippen LogP) is 2.30. The molecule has 0 bridgehead atoms. The summed E-state index contributed by atoms with van der Waals surface area (Å²) in [7, 11) is 0. The minimum Gasteiger partial charge on any atom is -0.381 e. The Balaban J connectivity index is 3.25. The van der Waals surface area contributed by atoms with Gasteiger partial charge in [0, 0.05) is 6.54 Å². The topological polar surface area (TPSA) is 32.3 Å². The Morgan fingerprint density at radius 2 is 2.15 bits per heavy atom. The summed E-state index contributed by atoms with van der Waals surface area (Å²) in [6, 6.07) is 0. The minimum atomic E-state index is 0.0774. The van der Waals surface area contributed by atoms with Gasteiger partial charge in [0.1, 0.15) is 0 Å². The van der Waals surface area contributed by atoms with Crippen LogP contribution in [-0.2, 0) is 0 Å². The van der Waals surface area contributed by atoms with E-state index in [1.807, 2.05) is 0 Å². The molecular weight excluding hydrogens is 162 g/mol. The molecule has 0 aromatic carbocycles. The number of aliphatic hydroxyl groups excluding tert-OH is 1. The fourth-order valence-electron chi connectivity index (χ4n) is 1.20. The molecule has 0 radical (unpaired) electrons. The summed E-state index contributed by atoms with van der Waals surface area (Å²) >= 11 is 0. The van der Waals surface area contributed by atoms with Crippen molar-refractivity contribution in [3.05, 3.63) is 12.2 Å². The molecule has 0 aliphatic carbocycles. The Bertz CT molecular complexity index is 123. The van der Waals surface area contributed by atoms with Gasteiger partial charge in [-0.05, 0) is 18.8 Å². The van der Waals surface area contributed by atoms with E-state index in [2.05, 4.69) is 31.3 Å². The van der Waals surface area contributed by atoms with E-state index in [0.717, 1.165) is 6.54 Å². The molecule has 78 valence electrons. The molecule has 13 heavy (non-hydrogen) atoms. The Morgan fingerprint density at radius 1 is 1.38 bits per heavy atom. The van der Waals surface area contributed by atoms with Crippen molar-refractivity contribution in [3.8, 4) is 0 Å². The molecule has 0 amide bonds. The van der Waals surface area contributed by atoms with Crippen LogP contribution >= 0.6 is 0 Å². The number of hydrogen-bond acceptors (Lipinski definition) is 2. The van der Waals surface area contributed by atoms with Gasteiger partial charge in [-0.25, -0.2) is 0 Å². The lowest BCUT2D eigenvalue weighted by Gasteiger charge is -2.05. The van der Waals surface area contributed by atoms with Gasteiger partial charge in [-0.3, -0.25) is 5.32 Å². The second-order valence-corrected chi connectivity index (χ2v) is 3.51. The number of aliphatic hydroxyl groups is 1. The van der Waals surface area contributed by atoms with Gasteiger partial charge in [-0.15, -0.1) is 0 Å². The molecule has 0 aliphatic rings. The first-order valence-corrected chi connectivity index (χ1v) is 5.29. The second kappa shape index (κ2) is 9.75. The minimum absolute atomic E-state index is 0.0774. The van der Waals surface area contributed by atoms with Gasteiger partial charge < -0.3 is 5.11 Å². The first-order valence-electron chi connectivity index (χ1n) is 5.29. The van der Waals surface area contributed by atoms with Crippen molar-refractivity contribution in [2.45, 2.75) is 39.5 Å². The quantitative estimate of drug-likeness (QED) is 0.345. The normalized spacial score (nSPS) is 13.8. The largest absolute Gasteiger partial charge is 0.381 e. The van der Waals surface area contributed by atoms with Crippen LogP contribution in [0.5, 0.6) is 0 Å². The van der Waals surface area contributed by atoms with E-state index in [0.29, 0.717) is 5.92 Å². The Labute approximate surface area is 82.0 Å². The lowest BCUT2D eigenvalue weighted by atomic mass is 10.1. The molecule has 1 unspecified atom stereocenters. The van der Waals surface area contributed by atoms with Crippen LogP contribution in [0.15, 0.2) is 12.2 Å². The number of unbranched alkanes of at least 4 members (excludes halogenated alkanes) is 3. The number of hydrogen-bond donors (Lipinski definition) is 2. The molecule has 1 atom stereocenters. The van der Waals surface area contributed by atoms with Gasteiger partial charge >= 0.3 is 0 Å². The maximum atomic E-state index is 8.52. The first-order chi connectivity index (χ1) is 6.31. The SMILES string of the molecule is CCCCC/C=C\C(C)CNCO. The third kappa shape index (κ3) is 9.57. The average molecular weight is 185 g/mol. The zero-order valence-corrected chi connectivity index (χ0v) is 8.92. The van der Waals surface area contributed by atoms with Gasteiger partial charge in [-0.2, -0.15) is 0 Å². The van der Waals surface area contributed by atoms with Crippen LogP contribution in [0.2, 0.25) is 0 Å². The summed E-state index contributed by atoms with van der Waals surface area (Å²) in [5.74, 6) is 0.522. The van der Waals surface area contributed by atoms with Crippen molar-refractivity contribution in [1.29, 1.82) is 0 Å². The molecule has 0 fully saturated rings. The molecule has 0 spiro atoms. The fourth-order valence-corrected chi connectivity index (χ4v) is 1.20. The van der Waals surface area contributed by atoms with Crippen LogP contribution in [0.25, 0.3) is 0 Å². The lowest BCUT2D eigenvalue weighted by Crippen LogP contribution is -2.20. The number of allylic oxidation sites excluding steroid dienone is 1. The maximum absolute atomic E-state index is 8.52. The van der Waals surface area contributed by atoms with Crippen LogP contribution in [0.3, 0.4) is 0 Å². The zero-order valence-electron chi connectivity index (χ0n) is 8.92. The summed E-state index contributed by atoms with van der Waals surface area (Å²) < 4.78 is 0. The molecule has 0 saturated carbocycles. The summed E-state index contributed by atoms with van der Waals surface area (Å²) in [6.07, 6.45) is 9.57. The van der Waals surface area contributed by atoms with E-state index in [9.17, 15) is 0 Å². The van der Waals surface area contributed by atoms with Gasteiger partial charge in [0.05, 0.1) is 6.73 Å². The van der Waals surface area contributed by atoms with Crippen molar-refractivity contribution >= 4 is 0 Å². The molecule has 2 nitrogen and oxygen atoms in total. The van der Waals surface area contributed by atoms with Crippen LogP contribution in [0.4, 0.5) is 0 Å². The van der Waals surface area contributed by atoms with Crippen LogP contribution < -0.4 is 5.32 Å². The summed E-state index contributed by atoms with van der Waals surface area (Å²) in [6.45, 7) is 5.31. The molecule has 2 N–H and O–H groups in total. The van der Waals surface area contributed by atoms with Gasteiger partial charge in [0.2, 0.25) is 0 Å². The molecule has 0 rings (SSSR count). The fraction of sp³-hybridized carbons (Fsp3) is 0.818. The maximum Gasteiger partial charge on any atom is 0.0931 e. The number of nitrogens with one attached hydrogen (secondary N) is 1. The molecule has 0 aromatic heterocycles. The molecule has 0 saturated heterocycles. The van der Waals surface area contributed by atoms with Gasteiger partial charge in [0.25, 0.3) is 0 Å². The van der Waals surface area contributed by atoms with E-state index < -0.39 is 0 Å². The second-order valence-electron chi connectivity index (χ2n) is 3.51. The van der Waals surface area contributed by atoms with Crippen molar-refractivity contribution in [2.75, 3.05) is 13.3 Å². The number of rotatable bonds is 8. The van der Waals surface area contributed by atoms with Crippen LogP contribution in [0, 0.1) is 5.92 Å². The van der Waals surface area contributed by atoms with E-state index in [4.69, 9.17) is 5.11 Å². The Morgan fingerprint density at radius 3 is 2.77 bits per heavy atom. The highest BCUT2D eigenvalue weighted by Crippen LogP contribution is 2.02. The standard InChI is InChI=1S/C11H23NO/c1-3-4-5-6-7-8-11(2)9-12-10-13/h7-8,11-13H,3-6,9-10H2,1-2H3/b8-7-. The van der Waals surface area contributed by atoms with Crippen molar-refractivity contribution in [1.82, 2.24) is 5.32 Å². The van der Waals surface area contributed by atoms with Crippen LogP contribution in [0.1, 0.15) is 39.5 Å². The van der Waals surface area contributed by atoms with Crippen molar-refractivity contribution < 1.29 is 5.11 Å². The average Bonchev–Trinajstić information content (AvgIpc) is 2.14. The molecule has 0 heterocycles. The van der Waals surface area contributed by atoms with E-state index >= 15 is 0 Å². The van der Waals surface area contributed by atoms with E-state index in [1.165, 1.54) is 25.7 Å². The van der Waals surface area contributed by atoms with Crippen molar-refractivity contribution in [3.63, 3.8) is 0 Å². The lowest BCUT2D eigenvalue weighted by molar-refractivity contribution is 0.256. The smallest absolute Gasteiger partial charge is 0.0931 e. The van der Waals surface area contributed by atoms with E-state index in [1.54, 1.807) is 0 Å². The highest BCUT2D eigenvalue weighted by molar-refractivity contribution is 4.86. The summed E-state index contributed by atoms with van der Waals surface area (Å²) in [5, 5.41) is 11.4. The van der Waals surface area contributed by atoms with Gasteiger partial charge in [0.15, 0.2) is 0 Å². The Hall–Kier alpha value is -0.340. The van der Waals surface area contributed by atoms with Gasteiger partial charge in [-0.1, -0.05) is 38.8 Å². The predicted molar refractivity (Wildman–Crippen MR) is 57.5 cm³/mol. The van der Waals surface area contributed by atoms with Crippen LogP contribution in [-0.4, -0.2) is 18.4 Å². The van der Waals surface area contributed by atoms with Crippen molar-refractivity contribution in [2.24, 2.45) is 5.92 Å². The molecule has 2 heteroatoms. The summed E-state index contributed by atoms with van der Waals surface area (Å²) in [5.41, 5.74) is 0. The highest BCUT2D eigenvalue weighted by Gasteiger charge is 1.93. The Kier molecular flexibility index (Phi) is 9.49. The third-order valence-electron chi connectivity index (χ3n) is 2.02. The monoisotopic (exact) mass is 185 g/mol. The zero-order chi connectivity index (χ0) is 9.94. The molecule has 0 aromatic rings. The molecular formula is C11H23NO. The molecule has 0 aliphatic heterocycles. The first kappa shape index (κ1) is 12.7. The summed E-state index contributed by atoms with van der Waals surface area (Å²) in [4.78, 5) is 0. The van der Waals surface area contributed by atoms with E-state index in [-0.39, 0.29) is 6.73 Å².